The zero-order valence-electron chi connectivity index (χ0n) is 18.8. The number of nitrogens with zero attached hydrogens (tertiary/aromatic N) is 3. The molecule has 0 unspecified atom stereocenters. The van der Waals surface area contributed by atoms with Crippen molar-refractivity contribution in [1.82, 2.24) is 14.7 Å². The fourth-order valence-electron chi connectivity index (χ4n) is 4.14. The maximum absolute atomic E-state index is 13.7. The number of aryl methyl sites for hydroxylation is 1. The standard InChI is InChI=1S/C26H17Cl2FN4O3/c1-15-21(25(35)33(30-15)18-9-10-19(27)20(28)13-18)22-23(31-11-3-2-4-12-31)26(36)32(24(22)34)14-16-5-7-17(29)8-6-16/h2-13H,14H2,1H3/p+1. The Hall–Kier alpha value is -4.01. The average molecular weight is 524 g/mol. The summed E-state index contributed by atoms with van der Waals surface area (Å²) in [4.78, 5) is 41.9. The lowest BCUT2D eigenvalue weighted by molar-refractivity contribution is -0.576. The smallest absolute Gasteiger partial charge is 0.295 e. The second kappa shape index (κ2) is 9.22. The monoisotopic (exact) mass is 523 g/mol. The predicted molar refractivity (Wildman–Crippen MR) is 133 cm³/mol. The minimum absolute atomic E-state index is 0.0316. The van der Waals surface area contributed by atoms with E-state index >= 15 is 0 Å². The Kier molecular flexibility index (Phi) is 6.07. The molecule has 10 heteroatoms. The third-order valence-corrected chi connectivity index (χ3v) is 6.59. The predicted octanol–water partition coefficient (Wildman–Crippen LogP) is 4.14. The highest BCUT2D eigenvalue weighted by Gasteiger charge is 2.47. The number of nitrogens with one attached hydrogen (secondary N) is 1. The van der Waals surface area contributed by atoms with Gasteiger partial charge in [-0.15, -0.1) is 0 Å². The van der Waals surface area contributed by atoms with Gasteiger partial charge in [0, 0.05) is 17.8 Å². The first-order valence-corrected chi connectivity index (χ1v) is 11.6. The van der Waals surface area contributed by atoms with Crippen molar-refractivity contribution in [2.45, 2.75) is 13.5 Å². The summed E-state index contributed by atoms with van der Waals surface area (Å²) >= 11 is 12.2. The molecular weight excluding hydrogens is 506 g/mol. The lowest BCUT2D eigenvalue weighted by Gasteiger charge is -2.13. The number of rotatable bonds is 5. The Morgan fingerprint density at radius 1 is 0.917 bits per heavy atom. The van der Waals surface area contributed by atoms with E-state index in [-0.39, 0.29) is 28.4 Å². The minimum Gasteiger partial charge on any atom is -0.295 e. The van der Waals surface area contributed by atoms with Crippen LogP contribution in [0.25, 0.3) is 17.0 Å². The van der Waals surface area contributed by atoms with Crippen LogP contribution in [-0.4, -0.2) is 26.5 Å². The Balaban J connectivity index is 1.67. The van der Waals surface area contributed by atoms with E-state index in [1.807, 2.05) is 0 Å². The molecule has 2 aromatic carbocycles. The van der Waals surface area contributed by atoms with Gasteiger partial charge in [-0.3, -0.25) is 24.4 Å². The van der Waals surface area contributed by atoms with E-state index in [9.17, 15) is 18.8 Å². The number of aromatic nitrogens is 3. The van der Waals surface area contributed by atoms with Crippen LogP contribution in [0.5, 0.6) is 0 Å². The van der Waals surface area contributed by atoms with Gasteiger partial charge in [0.05, 0.1) is 27.8 Å². The molecule has 1 N–H and O–H groups in total. The van der Waals surface area contributed by atoms with Gasteiger partial charge in [-0.25, -0.2) is 9.07 Å². The zero-order valence-corrected chi connectivity index (χ0v) is 20.3. The topological polar surface area (TPSA) is 79.1 Å². The second-order valence-electron chi connectivity index (χ2n) is 8.18. The number of hydrogen-bond acceptors (Lipinski definition) is 3. The van der Waals surface area contributed by atoms with Gasteiger partial charge in [0.25, 0.3) is 17.2 Å². The number of carbonyl (C=O) groups is 2. The molecule has 0 saturated heterocycles. The number of hydrogen-bond donors (Lipinski definition) is 1. The molecule has 36 heavy (non-hydrogen) atoms. The number of pyridine rings is 1. The summed E-state index contributed by atoms with van der Waals surface area (Å²) in [6, 6.07) is 15.4. The maximum atomic E-state index is 13.7. The van der Waals surface area contributed by atoms with Crippen molar-refractivity contribution in [2.75, 3.05) is 0 Å². The molecule has 2 amide bonds. The number of amides is 2. The minimum atomic E-state index is -0.629. The molecular formula is C26H18Cl2FN4O3+. The molecule has 0 spiro atoms. The van der Waals surface area contributed by atoms with Crippen LogP contribution >= 0.6 is 23.2 Å². The molecule has 7 nitrogen and oxygen atoms in total. The summed E-state index contributed by atoms with van der Waals surface area (Å²) in [5.74, 6) is -1.63. The molecule has 3 heterocycles. The summed E-state index contributed by atoms with van der Waals surface area (Å²) in [7, 11) is 0. The highest BCUT2D eigenvalue weighted by molar-refractivity contribution is 6.44. The van der Waals surface area contributed by atoms with Gasteiger partial charge in [-0.1, -0.05) is 41.4 Å². The molecule has 0 saturated carbocycles. The van der Waals surface area contributed by atoms with Gasteiger partial charge >= 0.3 is 5.91 Å². The third kappa shape index (κ3) is 4.04. The SMILES string of the molecule is Cc1[nH]n(-c2ccc(Cl)c(Cl)c2)c(=O)c1C1=C([n+]2ccccc2)C(=O)N(Cc2ccc(F)cc2)C1=O. The molecule has 1 aliphatic heterocycles. The van der Waals surface area contributed by atoms with Crippen molar-refractivity contribution in [3.8, 4) is 5.69 Å². The van der Waals surface area contributed by atoms with Gasteiger partial charge in [0.15, 0.2) is 12.4 Å². The Morgan fingerprint density at radius 2 is 1.61 bits per heavy atom. The second-order valence-corrected chi connectivity index (χ2v) is 8.99. The molecule has 5 rings (SSSR count). The summed E-state index contributed by atoms with van der Waals surface area (Å²) in [5, 5.41) is 3.55. The van der Waals surface area contributed by atoms with Gasteiger partial charge in [0.1, 0.15) is 11.4 Å². The summed E-state index contributed by atoms with van der Waals surface area (Å²) in [6.45, 7) is 1.56. The Bertz CT molecular complexity index is 1610. The average Bonchev–Trinajstić information content (AvgIpc) is 3.29. The first kappa shape index (κ1) is 23.7. The van der Waals surface area contributed by atoms with Crippen molar-refractivity contribution in [3.05, 3.63) is 116 Å². The van der Waals surface area contributed by atoms with Crippen LogP contribution in [0.2, 0.25) is 10.0 Å². The Labute approximate surface area is 214 Å². The lowest BCUT2D eigenvalue weighted by Crippen LogP contribution is -2.39. The zero-order chi connectivity index (χ0) is 25.6. The number of benzene rings is 2. The van der Waals surface area contributed by atoms with Crippen LogP contribution in [0.4, 0.5) is 4.39 Å². The van der Waals surface area contributed by atoms with Crippen LogP contribution in [-0.2, 0) is 16.1 Å². The molecule has 0 aliphatic carbocycles. The molecule has 0 atom stereocenters. The van der Waals surface area contributed by atoms with Crippen LogP contribution < -0.4 is 10.1 Å². The molecule has 180 valence electrons. The number of halogens is 3. The van der Waals surface area contributed by atoms with Crippen molar-refractivity contribution in [2.24, 2.45) is 0 Å². The van der Waals surface area contributed by atoms with E-state index in [1.165, 1.54) is 39.6 Å². The van der Waals surface area contributed by atoms with Crippen molar-refractivity contribution in [1.29, 1.82) is 0 Å². The largest absolute Gasteiger partial charge is 0.327 e. The molecule has 0 radical (unpaired) electrons. The first-order valence-electron chi connectivity index (χ1n) is 10.8. The normalized spacial score (nSPS) is 13.7. The van der Waals surface area contributed by atoms with Crippen molar-refractivity contribution < 1.29 is 18.5 Å². The lowest BCUT2D eigenvalue weighted by atomic mass is 10.1. The molecule has 2 aromatic heterocycles. The molecule has 0 fully saturated rings. The van der Waals surface area contributed by atoms with Crippen LogP contribution in [0.3, 0.4) is 0 Å². The highest BCUT2D eigenvalue weighted by Crippen LogP contribution is 2.31. The molecule has 4 aromatic rings. The highest BCUT2D eigenvalue weighted by atomic mass is 35.5. The Morgan fingerprint density at radius 3 is 2.28 bits per heavy atom. The van der Waals surface area contributed by atoms with Crippen LogP contribution in [0.1, 0.15) is 16.8 Å². The maximum Gasteiger partial charge on any atom is 0.327 e. The van der Waals surface area contributed by atoms with Gasteiger partial charge in [-0.2, -0.15) is 4.57 Å². The van der Waals surface area contributed by atoms with Gasteiger partial charge in [-0.05, 0) is 42.8 Å². The summed E-state index contributed by atoms with van der Waals surface area (Å²) in [6.07, 6.45) is 3.25. The molecule has 1 aliphatic rings. The number of carbonyl (C=O) groups excluding carboxylic acids is 2. The van der Waals surface area contributed by atoms with E-state index in [0.29, 0.717) is 22.0 Å². The van der Waals surface area contributed by atoms with E-state index in [4.69, 9.17) is 23.2 Å². The van der Waals surface area contributed by atoms with Crippen LogP contribution in [0, 0.1) is 12.7 Å². The number of imide groups is 1. The van der Waals surface area contributed by atoms with Gasteiger partial charge in [0.2, 0.25) is 0 Å². The van der Waals surface area contributed by atoms with E-state index < -0.39 is 23.2 Å². The van der Waals surface area contributed by atoms with Crippen molar-refractivity contribution >= 4 is 46.3 Å². The summed E-state index contributed by atoms with van der Waals surface area (Å²) in [5.41, 5.74) is 0.917. The fourth-order valence-corrected chi connectivity index (χ4v) is 4.43. The number of H-pyrrole nitrogens is 1. The van der Waals surface area contributed by atoms with Gasteiger partial charge < -0.3 is 0 Å². The van der Waals surface area contributed by atoms with E-state index in [0.717, 1.165) is 4.90 Å². The fraction of sp³-hybridized carbons (Fsp3) is 0.0769. The van der Waals surface area contributed by atoms with Crippen LogP contribution in [0.15, 0.2) is 77.9 Å². The van der Waals surface area contributed by atoms with Crippen molar-refractivity contribution in [3.63, 3.8) is 0 Å². The third-order valence-electron chi connectivity index (χ3n) is 5.85. The quantitative estimate of drug-likeness (QED) is 0.315. The molecule has 0 bridgehead atoms. The van der Waals surface area contributed by atoms with E-state index in [2.05, 4.69) is 5.10 Å². The summed E-state index contributed by atoms with van der Waals surface area (Å²) < 4.78 is 16.1. The number of aromatic amines is 1. The first-order chi connectivity index (χ1) is 17.3. The van der Waals surface area contributed by atoms with E-state index in [1.54, 1.807) is 49.6 Å².